The average molecular weight is 263 g/mol. The van der Waals surface area contributed by atoms with Gasteiger partial charge in [0.25, 0.3) is 0 Å². The number of aromatic nitrogens is 1. The van der Waals surface area contributed by atoms with E-state index in [0.29, 0.717) is 0 Å². The maximum absolute atomic E-state index is 10.1. The van der Waals surface area contributed by atoms with Crippen molar-refractivity contribution in [3.63, 3.8) is 0 Å². The Balaban J connectivity index is 2.07. The highest BCUT2D eigenvalue weighted by atomic mass is 16.3. The number of hydrogen-bond donors (Lipinski definition) is 2. The maximum atomic E-state index is 10.1. The fourth-order valence-electron chi connectivity index (χ4n) is 2.68. The van der Waals surface area contributed by atoms with Crippen LogP contribution in [0.3, 0.4) is 0 Å². The van der Waals surface area contributed by atoms with Gasteiger partial charge in [0, 0.05) is 13.6 Å². The van der Waals surface area contributed by atoms with Crippen LogP contribution in [0.15, 0.2) is 18.2 Å². The van der Waals surface area contributed by atoms with E-state index in [0.717, 1.165) is 43.9 Å². The summed E-state index contributed by atoms with van der Waals surface area (Å²) >= 11 is 0. The van der Waals surface area contributed by atoms with Crippen molar-refractivity contribution in [1.29, 1.82) is 0 Å². The molecule has 1 fully saturated rings. The average Bonchev–Trinajstić information content (AvgIpc) is 2.45. The number of aliphatic hydroxyl groups is 1. The first-order valence-corrected chi connectivity index (χ1v) is 7.34. The van der Waals surface area contributed by atoms with Crippen molar-refractivity contribution in [3.05, 3.63) is 18.2 Å². The Labute approximate surface area is 115 Å². The molecule has 2 unspecified atom stereocenters. The minimum Gasteiger partial charge on any atom is -0.391 e. The highest BCUT2D eigenvalue weighted by Gasteiger charge is 2.27. The zero-order valence-corrected chi connectivity index (χ0v) is 12.0. The predicted molar refractivity (Wildman–Crippen MR) is 79.7 cm³/mol. The van der Waals surface area contributed by atoms with E-state index in [-0.39, 0.29) is 12.1 Å². The molecule has 1 saturated carbocycles. The molecular weight excluding hydrogens is 238 g/mol. The maximum Gasteiger partial charge on any atom is 0.131 e. The highest BCUT2D eigenvalue weighted by molar-refractivity contribution is 5.47. The number of nitrogens with one attached hydrogen (secondary N) is 1. The van der Waals surface area contributed by atoms with E-state index in [1.165, 1.54) is 6.42 Å². The van der Waals surface area contributed by atoms with Crippen molar-refractivity contribution in [3.8, 4) is 0 Å². The fraction of sp³-hybridized carbons (Fsp3) is 0.667. The van der Waals surface area contributed by atoms with Crippen LogP contribution < -0.4 is 10.2 Å². The van der Waals surface area contributed by atoms with Crippen LogP contribution >= 0.6 is 0 Å². The summed E-state index contributed by atoms with van der Waals surface area (Å²) in [6.45, 7) is 3.08. The number of hydrogen-bond acceptors (Lipinski definition) is 4. The van der Waals surface area contributed by atoms with Crippen molar-refractivity contribution < 1.29 is 5.11 Å². The number of likely N-dealkylation sites (N-methyl/N-ethyl adjacent to an activating group) is 1. The Morgan fingerprint density at radius 3 is 2.89 bits per heavy atom. The standard InChI is InChI=1S/C15H25N3O/c1-3-11-16-14-9-6-10-15(17-14)18(2)12-7-4-5-8-13(12)19/h6,9-10,12-13,19H,3-5,7-8,11H2,1-2H3,(H,16,17). The lowest BCUT2D eigenvalue weighted by atomic mass is 9.91. The Morgan fingerprint density at radius 2 is 2.16 bits per heavy atom. The van der Waals surface area contributed by atoms with Gasteiger partial charge >= 0.3 is 0 Å². The third-order valence-corrected chi connectivity index (χ3v) is 3.84. The van der Waals surface area contributed by atoms with Crippen LogP contribution in [-0.2, 0) is 0 Å². The van der Waals surface area contributed by atoms with E-state index in [1.54, 1.807) is 0 Å². The van der Waals surface area contributed by atoms with Gasteiger partial charge in [-0.05, 0) is 31.4 Å². The monoisotopic (exact) mass is 263 g/mol. The molecule has 0 aromatic carbocycles. The molecular formula is C15H25N3O. The number of aliphatic hydroxyl groups excluding tert-OH is 1. The molecule has 106 valence electrons. The van der Waals surface area contributed by atoms with Crippen LogP contribution in [0.5, 0.6) is 0 Å². The van der Waals surface area contributed by atoms with Crippen molar-refractivity contribution in [1.82, 2.24) is 4.98 Å². The first-order valence-electron chi connectivity index (χ1n) is 7.34. The lowest BCUT2D eigenvalue weighted by Crippen LogP contribution is -2.43. The SMILES string of the molecule is CCCNc1cccc(N(C)C2CCCCC2O)n1. The Hall–Kier alpha value is -1.29. The van der Waals surface area contributed by atoms with Crippen LogP contribution in [0, 0.1) is 0 Å². The molecule has 0 bridgehead atoms. The van der Waals surface area contributed by atoms with Gasteiger partial charge < -0.3 is 15.3 Å². The third kappa shape index (κ3) is 3.60. The van der Waals surface area contributed by atoms with Crippen molar-refractivity contribution in [2.75, 3.05) is 23.8 Å². The minimum atomic E-state index is -0.229. The largest absolute Gasteiger partial charge is 0.391 e. The van der Waals surface area contributed by atoms with Crippen LogP contribution in [-0.4, -0.2) is 35.8 Å². The number of anilines is 2. The number of rotatable bonds is 5. The van der Waals surface area contributed by atoms with Gasteiger partial charge in [0.15, 0.2) is 0 Å². The van der Waals surface area contributed by atoms with E-state index < -0.39 is 0 Å². The molecule has 0 radical (unpaired) electrons. The third-order valence-electron chi connectivity index (χ3n) is 3.84. The topological polar surface area (TPSA) is 48.4 Å². The molecule has 1 aromatic heterocycles. The molecule has 4 heteroatoms. The molecule has 1 heterocycles. The fourth-order valence-corrected chi connectivity index (χ4v) is 2.68. The molecule has 19 heavy (non-hydrogen) atoms. The van der Waals surface area contributed by atoms with Crippen LogP contribution in [0.25, 0.3) is 0 Å². The lowest BCUT2D eigenvalue weighted by molar-refractivity contribution is 0.106. The molecule has 1 aromatic rings. The molecule has 2 N–H and O–H groups in total. The highest BCUT2D eigenvalue weighted by Crippen LogP contribution is 2.26. The molecule has 2 rings (SSSR count). The lowest BCUT2D eigenvalue weighted by Gasteiger charge is -2.36. The molecule has 0 aliphatic heterocycles. The van der Waals surface area contributed by atoms with E-state index >= 15 is 0 Å². The van der Waals surface area contributed by atoms with Crippen molar-refractivity contribution in [2.24, 2.45) is 0 Å². The first kappa shape index (κ1) is 14.1. The number of nitrogens with zero attached hydrogens (tertiary/aromatic N) is 2. The molecule has 0 amide bonds. The number of pyridine rings is 1. The molecule has 1 aliphatic carbocycles. The minimum absolute atomic E-state index is 0.197. The van der Waals surface area contributed by atoms with E-state index in [2.05, 4.69) is 22.1 Å². The second kappa shape index (κ2) is 6.75. The van der Waals surface area contributed by atoms with Gasteiger partial charge in [-0.25, -0.2) is 4.98 Å². The van der Waals surface area contributed by atoms with E-state index in [1.807, 2.05) is 25.2 Å². The van der Waals surface area contributed by atoms with Gasteiger partial charge in [0.2, 0.25) is 0 Å². The molecule has 2 atom stereocenters. The van der Waals surface area contributed by atoms with Gasteiger partial charge in [0.1, 0.15) is 11.6 Å². The van der Waals surface area contributed by atoms with Crippen LogP contribution in [0.2, 0.25) is 0 Å². The summed E-state index contributed by atoms with van der Waals surface area (Å²) < 4.78 is 0. The summed E-state index contributed by atoms with van der Waals surface area (Å²) in [5, 5.41) is 13.4. The summed E-state index contributed by atoms with van der Waals surface area (Å²) in [5.41, 5.74) is 0. The van der Waals surface area contributed by atoms with Gasteiger partial charge in [-0.3, -0.25) is 0 Å². The zero-order chi connectivity index (χ0) is 13.7. The Morgan fingerprint density at radius 1 is 1.37 bits per heavy atom. The molecule has 1 aliphatic rings. The normalized spacial score (nSPS) is 23.1. The van der Waals surface area contributed by atoms with Crippen molar-refractivity contribution in [2.45, 2.75) is 51.2 Å². The quantitative estimate of drug-likeness (QED) is 0.857. The van der Waals surface area contributed by atoms with Crippen molar-refractivity contribution >= 4 is 11.6 Å². The second-order valence-electron chi connectivity index (χ2n) is 5.34. The predicted octanol–water partition coefficient (Wildman–Crippen LogP) is 2.64. The summed E-state index contributed by atoms with van der Waals surface area (Å²) in [4.78, 5) is 6.75. The zero-order valence-electron chi connectivity index (χ0n) is 12.0. The van der Waals surface area contributed by atoms with Gasteiger partial charge in [-0.15, -0.1) is 0 Å². The Kier molecular flexibility index (Phi) is 5.02. The molecule has 0 spiro atoms. The first-order chi connectivity index (χ1) is 9.22. The summed E-state index contributed by atoms with van der Waals surface area (Å²) in [6, 6.07) is 6.22. The smallest absolute Gasteiger partial charge is 0.131 e. The van der Waals surface area contributed by atoms with Gasteiger partial charge in [0.05, 0.1) is 12.1 Å². The summed E-state index contributed by atoms with van der Waals surface area (Å²) in [5.74, 6) is 1.85. The summed E-state index contributed by atoms with van der Waals surface area (Å²) in [6.07, 6.45) is 5.14. The van der Waals surface area contributed by atoms with Crippen LogP contribution in [0.4, 0.5) is 11.6 Å². The van der Waals surface area contributed by atoms with Gasteiger partial charge in [-0.1, -0.05) is 25.8 Å². The summed E-state index contributed by atoms with van der Waals surface area (Å²) in [7, 11) is 2.03. The van der Waals surface area contributed by atoms with Gasteiger partial charge in [-0.2, -0.15) is 0 Å². The second-order valence-corrected chi connectivity index (χ2v) is 5.34. The molecule has 0 saturated heterocycles. The van der Waals surface area contributed by atoms with E-state index in [9.17, 15) is 5.11 Å². The molecule has 4 nitrogen and oxygen atoms in total. The van der Waals surface area contributed by atoms with E-state index in [4.69, 9.17) is 0 Å². The Bertz CT molecular complexity index is 397. The van der Waals surface area contributed by atoms with Crippen LogP contribution in [0.1, 0.15) is 39.0 Å².